The Bertz CT molecular complexity index is 791. The van der Waals surface area contributed by atoms with Gasteiger partial charge in [-0.15, -0.1) is 0 Å². The second-order valence-corrected chi connectivity index (χ2v) is 6.63. The van der Waals surface area contributed by atoms with Gasteiger partial charge >= 0.3 is 5.97 Å². The molecule has 0 aromatic heterocycles. The van der Waals surface area contributed by atoms with Crippen molar-refractivity contribution in [2.24, 2.45) is 0 Å². The lowest BCUT2D eigenvalue weighted by atomic mass is 10.0. The number of carbonyl (C=O) groups is 2. The Morgan fingerprint density at radius 3 is 2.37 bits per heavy atom. The molecule has 1 unspecified atom stereocenters. The van der Waals surface area contributed by atoms with E-state index in [0.717, 1.165) is 16.5 Å². The van der Waals surface area contributed by atoms with Crippen molar-refractivity contribution in [1.29, 1.82) is 0 Å². The Hall–Kier alpha value is -2.54. The lowest BCUT2D eigenvalue weighted by Gasteiger charge is -2.18. The smallest absolute Gasteiger partial charge is 0.343 e. The van der Waals surface area contributed by atoms with E-state index < -0.39 is 5.97 Å². The van der Waals surface area contributed by atoms with Gasteiger partial charge in [0.15, 0.2) is 18.1 Å². The average molecular weight is 436 g/mol. The summed E-state index contributed by atoms with van der Waals surface area (Å²) in [5, 5.41) is 3.02. The highest BCUT2D eigenvalue weighted by Gasteiger charge is 2.16. The van der Waals surface area contributed by atoms with E-state index in [9.17, 15) is 9.59 Å². The van der Waals surface area contributed by atoms with E-state index in [4.69, 9.17) is 9.47 Å². The summed E-state index contributed by atoms with van der Waals surface area (Å²) in [5.74, 6) is 0.00406. The first-order chi connectivity index (χ1) is 13.0. The quantitative estimate of drug-likeness (QED) is 0.636. The molecular formula is C20H22BrNO5. The maximum absolute atomic E-state index is 12.7. The van der Waals surface area contributed by atoms with Crippen LogP contribution in [0.2, 0.25) is 0 Å². The van der Waals surface area contributed by atoms with Crippen LogP contribution in [-0.4, -0.2) is 32.7 Å². The molecule has 2 aromatic carbocycles. The molecule has 0 radical (unpaired) electrons. The molecular weight excluding hydrogens is 414 g/mol. The molecule has 144 valence electrons. The molecule has 27 heavy (non-hydrogen) atoms. The van der Waals surface area contributed by atoms with E-state index >= 15 is 0 Å². The molecule has 0 heterocycles. The van der Waals surface area contributed by atoms with Crippen molar-refractivity contribution in [3.8, 4) is 11.5 Å². The zero-order chi connectivity index (χ0) is 19.8. The molecule has 0 fully saturated rings. The predicted octanol–water partition coefficient (Wildman–Crippen LogP) is 3.89. The van der Waals surface area contributed by atoms with E-state index in [2.05, 4.69) is 26.0 Å². The van der Waals surface area contributed by atoms with Gasteiger partial charge in [0.05, 0.1) is 20.3 Å². The van der Waals surface area contributed by atoms with E-state index in [0.29, 0.717) is 17.1 Å². The molecule has 7 heteroatoms. The number of amides is 1. The third-order valence-corrected chi connectivity index (χ3v) is 4.51. The van der Waals surface area contributed by atoms with Gasteiger partial charge in [-0.2, -0.15) is 0 Å². The second-order valence-electron chi connectivity index (χ2n) is 5.72. The number of hydrogen-bond acceptors (Lipinski definition) is 5. The minimum Gasteiger partial charge on any atom is -0.493 e. The molecule has 1 atom stereocenters. The molecule has 0 aliphatic heterocycles. The number of methoxy groups -OCH3 is 2. The highest BCUT2D eigenvalue weighted by atomic mass is 79.9. The van der Waals surface area contributed by atoms with Gasteiger partial charge in [0.2, 0.25) is 0 Å². The van der Waals surface area contributed by atoms with Crippen molar-refractivity contribution >= 4 is 27.8 Å². The van der Waals surface area contributed by atoms with Crippen molar-refractivity contribution in [3.63, 3.8) is 0 Å². The van der Waals surface area contributed by atoms with Gasteiger partial charge in [-0.05, 0) is 42.3 Å². The van der Waals surface area contributed by atoms with Crippen LogP contribution in [0.15, 0.2) is 46.9 Å². The van der Waals surface area contributed by atoms with Crippen molar-refractivity contribution in [2.75, 3.05) is 20.8 Å². The average Bonchev–Trinajstić information content (AvgIpc) is 2.70. The number of halogens is 1. The van der Waals surface area contributed by atoms with Gasteiger partial charge in [-0.25, -0.2) is 4.79 Å². The fourth-order valence-corrected chi connectivity index (χ4v) is 2.75. The van der Waals surface area contributed by atoms with Crippen LogP contribution in [0.3, 0.4) is 0 Å². The molecule has 0 spiro atoms. The Labute approximate surface area is 166 Å². The number of hydrogen-bond donors (Lipinski definition) is 1. The molecule has 2 aromatic rings. The monoisotopic (exact) mass is 435 g/mol. The normalized spacial score (nSPS) is 11.4. The van der Waals surface area contributed by atoms with Crippen LogP contribution in [0.1, 0.15) is 35.3 Å². The minimum absolute atomic E-state index is 0.105. The maximum Gasteiger partial charge on any atom is 0.343 e. The standard InChI is InChI=1S/C20H22BrNO5/c1-4-16(13-5-8-15(21)9-6-13)22-20(24)14-7-10-17(18(11-14)25-2)27-12-19(23)26-3/h5-11,16H,4,12H2,1-3H3,(H,22,24). The van der Waals surface area contributed by atoms with Gasteiger partial charge < -0.3 is 19.5 Å². The fourth-order valence-electron chi connectivity index (χ4n) is 2.48. The number of esters is 1. The first-order valence-electron chi connectivity index (χ1n) is 8.42. The molecule has 0 bridgehead atoms. The number of benzene rings is 2. The Kier molecular flexibility index (Phi) is 7.67. The lowest BCUT2D eigenvalue weighted by Crippen LogP contribution is -2.28. The van der Waals surface area contributed by atoms with Gasteiger partial charge in [0.25, 0.3) is 5.91 Å². The first-order valence-corrected chi connectivity index (χ1v) is 9.21. The van der Waals surface area contributed by atoms with Gasteiger partial charge in [-0.1, -0.05) is 35.0 Å². The highest BCUT2D eigenvalue weighted by Crippen LogP contribution is 2.28. The molecule has 6 nitrogen and oxygen atoms in total. The number of nitrogens with one attached hydrogen (secondary N) is 1. The first kappa shape index (κ1) is 20.8. The van der Waals surface area contributed by atoms with Crippen molar-refractivity contribution in [1.82, 2.24) is 5.32 Å². The minimum atomic E-state index is -0.501. The molecule has 0 saturated heterocycles. The molecule has 2 rings (SSSR count). The lowest BCUT2D eigenvalue weighted by molar-refractivity contribution is -0.142. The van der Waals surface area contributed by atoms with Crippen LogP contribution < -0.4 is 14.8 Å². The van der Waals surface area contributed by atoms with E-state index in [1.165, 1.54) is 14.2 Å². The van der Waals surface area contributed by atoms with E-state index in [-0.39, 0.29) is 18.6 Å². The summed E-state index contributed by atoms with van der Waals surface area (Å²) >= 11 is 3.41. The third kappa shape index (κ3) is 5.72. The number of rotatable bonds is 8. The molecule has 1 amide bonds. The van der Waals surface area contributed by atoms with Crippen LogP contribution >= 0.6 is 15.9 Å². The van der Waals surface area contributed by atoms with Crippen LogP contribution in [-0.2, 0) is 9.53 Å². The van der Waals surface area contributed by atoms with Crippen LogP contribution in [0.4, 0.5) is 0 Å². The number of carbonyl (C=O) groups excluding carboxylic acids is 2. The molecule has 1 N–H and O–H groups in total. The Morgan fingerprint density at radius 1 is 1.07 bits per heavy atom. The summed E-state index contributed by atoms with van der Waals surface area (Å²) in [5.41, 5.74) is 1.46. The SMILES string of the molecule is CCC(NC(=O)c1ccc(OCC(=O)OC)c(OC)c1)c1ccc(Br)cc1. The fraction of sp³-hybridized carbons (Fsp3) is 0.300. The summed E-state index contributed by atoms with van der Waals surface area (Å²) in [6.45, 7) is 1.78. The summed E-state index contributed by atoms with van der Waals surface area (Å²) in [4.78, 5) is 23.9. The van der Waals surface area contributed by atoms with Gasteiger partial charge in [0, 0.05) is 10.0 Å². The summed E-state index contributed by atoms with van der Waals surface area (Å²) in [7, 11) is 2.75. The second kappa shape index (κ2) is 9.97. The highest BCUT2D eigenvalue weighted by molar-refractivity contribution is 9.10. The summed E-state index contributed by atoms with van der Waals surface area (Å²) in [6, 6.07) is 12.5. The van der Waals surface area contributed by atoms with Gasteiger partial charge in [0.1, 0.15) is 0 Å². The largest absolute Gasteiger partial charge is 0.493 e. The van der Waals surface area contributed by atoms with E-state index in [1.54, 1.807) is 18.2 Å². The third-order valence-electron chi connectivity index (χ3n) is 3.98. The topological polar surface area (TPSA) is 73.9 Å². The Morgan fingerprint density at radius 2 is 1.78 bits per heavy atom. The molecule has 0 aliphatic carbocycles. The van der Waals surface area contributed by atoms with Crippen molar-refractivity contribution in [3.05, 3.63) is 58.1 Å². The number of ether oxygens (including phenoxy) is 3. The Balaban J connectivity index is 2.12. The summed E-state index contributed by atoms with van der Waals surface area (Å²) in [6.07, 6.45) is 0.755. The van der Waals surface area contributed by atoms with Gasteiger partial charge in [-0.3, -0.25) is 4.79 Å². The summed E-state index contributed by atoms with van der Waals surface area (Å²) < 4.78 is 16.2. The maximum atomic E-state index is 12.7. The zero-order valence-electron chi connectivity index (χ0n) is 15.5. The van der Waals surface area contributed by atoms with Crippen LogP contribution in [0.25, 0.3) is 0 Å². The molecule has 0 aliphatic rings. The molecule has 0 saturated carbocycles. The van der Waals surface area contributed by atoms with Crippen LogP contribution in [0.5, 0.6) is 11.5 Å². The zero-order valence-corrected chi connectivity index (χ0v) is 17.0. The van der Waals surface area contributed by atoms with Crippen molar-refractivity contribution in [2.45, 2.75) is 19.4 Å². The van der Waals surface area contributed by atoms with Crippen molar-refractivity contribution < 1.29 is 23.8 Å². The van der Waals surface area contributed by atoms with E-state index in [1.807, 2.05) is 31.2 Å². The predicted molar refractivity (Wildman–Crippen MR) is 105 cm³/mol. The van der Waals surface area contributed by atoms with Crippen LogP contribution in [0, 0.1) is 0 Å².